The number of rotatable bonds is 4. The van der Waals surface area contributed by atoms with Gasteiger partial charge in [0.25, 0.3) is 0 Å². The van der Waals surface area contributed by atoms with Crippen molar-refractivity contribution >= 4 is 5.69 Å². The summed E-state index contributed by atoms with van der Waals surface area (Å²) in [5.41, 5.74) is 0.336. The fourth-order valence-corrected chi connectivity index (χ4v) is 2.25. The van der Waals surface area contributed by atoms with Crippen molar-refractivity contribution in [2.45, 2.75) is 25.3 Å². The second-order valence-electron chi connectivity index (χ2n) is 4.60. The highest BCUT2D eigenvalue weighted by atomic mass is 19.1. The minimum absolute atomic E-state index is 0.336. The first kappa shape index (κ1) is 12.3. The average molecular weight is 240 g/mol. The summed E-state index contributed by atoms with van der Waals surface area (Å²) in [5, 5.41) is 3.39. The molecular weight excluding hydrogens is 222 g/mol. The highest BCUT2D eigenvalue weighted by Gasteiger charge is 2.15. The van der Waals surface area contributed by atoms with E-state index in [4.69, 9.17) is 0 Å². The number of halogens is 2. The SMILES string of the molecule is CN(CCC1CCCN1)c1cc(F)ccc1F. The van der Waals surface area contributed by atoms with Crippen molar-refractivity contribution in [3.8, 4) is 0 Å². The molecule has 1 aromatic carbocycles. The van der Waals surface area contributed by atoms with Gasteiger partial charge >= 0.3 is 0 Å². The van der Waals surface area contributed by atoms with Crippen LogP contribution in [0.2, 0.25) is 0 Å². The minimum Gasteiger partial charge on any atom is -0.372 e. The van der Waals surface area contributed by atoms with Gasteiger partial charge in [0.15, 0.2) is 0 Å². The van der Waals surface area contributed by atoms with E-state index in [0.29, 0.717) is 11.7 Å². The first-order chi connectivity index (χ1) is 8.16. The molecule has 2 nitrogen and oxygen atoms in total. The van der Waals surface area contributed by atoms with E-state index < -0.39 is 5.82 Å². The monoisotopic (exact) mass is 240 g/mol. The molecule has 1 unspecified atom stereocenters. The van der Waals surface area contributed by atoms with E-state index in [1.54, 1.807) is 11.9 Å². The number of nitrogens with one attached hydrogen (secondary N) is 1. The van der Waals surface area contributed by atoms with Crippen LogP contribution in [0.3, 0.4) is 0 Å². The predicted molar refractivity (Wildman–Crippen MR) is 65.3 cm³/mol. The van der Waals surface area contributed by atoms with E-state index in [1.165, 1.54) is 25.0 Å². The Morgan fingerprint density at radius 1 is 1.41 bits per heavy atom. The van der Waals surface area contributed by atoms with Gasteiger partial charge in [0.2, 0.25) is 0 Å². The average Bonchev–Trinajstić information content (AvgIpc) is 2.82. The second kappa shape index (κ2) is 5.45. The number of benzene rings is 1. The van der Waals surface area contributed by atoms with Crippen molar-refractivity contribution in [2.24, 2.45) is 0 Å². The fraction of sp³-hybridized carbons (Fsp3) is 0.538. The van der Waals surface area contributed by atoms with Gasteiger partial charge in [-0.15, -0.1) is 0 Å². The molecule has 1 aromatic rings. The van der Waals surface area contributed by atoms with Crippen LogP contribution >= 0.6 is 0 Å². The van der Waals surface area contributed by atoms with Gasteiger partial charge in [-0.3, -0.25) is 0 Å². The number of nitrogens with zero attached hydrogens (tertiary/aromatic N) is 1. The van der Waals surface area contributed by atoms with Crippen LogP contribution in [-0.4, -0.2) is 26.2 Å². The summed E-state index contributed by atoms with van der Waals surface area (Å²) in [5.74, 6) is -0.763. The Bertz CT molecular complexity index is 376. The molecule has 1 heterocycles. The molecule has 1 saturated heterocycles. The molecule has 0 saturated carbocycles. The van der Waals surface area contributed by atoms with Crippen LogP contribution in [0.5, 0.6) is 0 Å². The lowest BCUT2D eigenvalue weighted by Gasteiger charge is -2.22. The van der Waals surface area contributed by atoms with Gasteiger partial charge in [0, 0.05) is 25.7 Å². The van der Waals surface area contributed by atoms with Gasteiger partial charge in [-0.2, -0.15) is 0 Å². The van der Waals surface area contributed by atoms with E-state index >= 15 is 0 Å². The van der Waals surface area contributed by atoms with Gasteiger partial charge in [0.1, 0.15) is 11.6 Å². The number of hydrogen-bond donors (Lipinski definition) is 1. The quantitative estimate of drug-likeness (QED) is 0.870. The standard InChI is InChI=1S/C13H18F2N2/c1-17(8-6-11-3-2-7-16-11)13-9-10(14)4-5-12(13)15/h4-5,9,11,16H,2-3,6-8H2,1H3. The van der Waals surface area contributed by atoms with E-state index in [9.17, 15) is 8.78 Å². The van der Waals surface area contributed by atoms with E-state index in [-0.39, 0.29) is 5.82 Å². The zero-order valence-corrected chi connectivity index (χ0v) is 10.0. The van der Waals surface area contributed by atoms with Crippen LogP contribution in [-0.2, 0) is 0 Å². The van der Waals surface area contributed by atoms with Crippen LogP contribution in [0, 0.1) is 11.6 Å². The highest BCUT2D eigenvalue weighted by Crippen LogP contribution is 2.20. The van der Waals surface area contributed by atoms with Gasteiger partial charge in [-0.1, -0.05) is 0 Å². The molecular formula is C13H18F2N2. The van der Waals surface area contributed by atoms with Crippen molar-refractivity contribution < 1.29 is 8.78 Å². The summed E-state index contributed by atoms with van der Waals surface area (Å²) in [4.78, 5) is 1.78. The predicted octanol–water partition coefficient (Wildman–Crippen LogP) is 2.54. The van der Waals surface area contributed by atoms with E-state index in [0.717, 1.165) is 25.6 Å². The van der Waals surface area contributed by atoms with Crippen molar-refractivity contribution in [3.05, 3.63) is 29.8 Å². The molecule has 0 aliphatic carbocycles. The zero-order chi connectivity index (χ0) is 12.3. The molecule has 1 aliphatic rings. The Hall–Kier alpha value is -1.16. The molecule has 1 atom stereocenters. The molecule has 0 bridgehead atoms. The van der Waals surface area contributed by atoms with E-state index in [2.05, 4.69) is 5.32 Å². The van der Waals surface area contributed by atoms with Crippen molar-refractivity contribution in [2.75, 3.05) is 25.0 Å². The smallest absolute Gasteiger partial charge is 0.146 e. The lowest BCUT2D eigenvalue weighted by Crippen LogP contribution is -2.28. The molecule has 0 radical (unpaired) electrons. The number of anilines is 1. The van der Waals surface area contributed by atoms with Crippen LogP contribution in [0.15, 0.2) is 18.2 Å². The van der Waals surface area contributed by atoms with Crippen molar-refractivity contribution in [1.29, 1.82) is 0 Å². The normalized spacial score (nSPS) is 19.6. The van der Waals surface area contributed by atoms with Crippen LogP contribution in [0.25, 0.3) is 0 Å². The molecule has 1 aliphatic heterocycles. The largest absolute Gasteiger partial charge is 0.372 e. The maximum absolute atomic E-state index is 13.5. The third kappa shape index (κ3) is 3.16. The summed E-state index contributed by atoms with van der Waals surface area (Å²) in [7, 11) is 1.80. The molecule has 17 heavy (non-hydrogen) atoms. The maximum Gasteiger partial charge on any atom is 0.146 e. The van der Waals surface area contributed by atoms with Crippen LogP contribution < -0.4 is 10.2 Å². The summed E-state index contributed by atoms with van der Waals surface area (Å²) in [6, 6.07) is 4.09. The lowest BCUT2D eigenvalue weighted by atomic mass is 10.1. The molecule has 1 fully saturated rings. The van der Waals surface area contributed by atoms with Crippen molar-refractivity contribution in [1.82, 2.24) is 5.32 Å². The first-order valence-corrected chi connectivity index (χ1v) is 6.06. The summed E-state index contributed by atoms with van der Waals surface area (Å²) in [6.07, 6.45) is 3.36. The van der Waals surface area contributed by atoms with Crippen LogP contribution in [0.1, 0.15) is 19.3 Å². The fourth-order valence-electron chi connectivity index (χ4n) is 2.25. The third-order valence-corrected chi connectivity index (χ3v) is 3.29. The first-order valence-electron chi connectivity index (χ1n) is 6.06. The Balaban J connectivity index is 1.93. The second-order valence-corrected chi connectivity index (χ2v) is 4.60. The molecule has 0 aromatic heterocycles. The topological polar surface area (TPSA) is 15.3 Å². The van der Waals surface area contributed by atoms with Gasteiger partial charge in [0.05, 0.1) is 5.69 Å². The maximum atomic E-state index is 13.5. The molecule has 4 heteroatoms. The molecule has 1 N–H and O–H groups in total. The van der Waals surface area contributed by atoms with Gasteiger partial charge in [-0.05, 0) is 37.9 Å². The highest BCUT2D eigenvalue weighted by molar-refractivity contribution is 5.47. The molecule has 94 valence electrons. The van der Waals surface area contributed by atoms with Crippen molar-refractivity contribution in [3.63, 3.8) is 0 Å². The van der Waals surface area contributed by atoms with Gasteiger partial charge in [-0.25, -0.2) is 8.78 Å². The Morgan fingerprint density at radius 3 is 2.94 bits per heavy atom. The molecule has 0 amide bonds. The molecule has 2 rings (SSSR count). The molecule has 0 spiro atoms. The Kier molecular flexibility index (Phi) is 3.94. The lowest BCUT2D eigenvalue weighted by molar-refractivity contribution is 0.551. The minimum atomic E-state index is -0.396. The summed E-state index contributed by atoms with van der Waals surface area (Å²) >= 11 is 0. The number of hydrogen-bond acceptors (Lipinski definition) is 2. The van der Waals surface area contributed by atoms with Gasteiger partial charge < -0.3 is 10.2 Å². The Labute approximate surface area is 101 Å². The third-order valence-electron chi connectivity index (χ3n) is 3.29. The Morgan fingerprint density at radius 2 is 2.24 bits per heavy atom. The van der Waals surface area contributed by atoms with Crippen LogP contribution in [0.4, 0.5) is 14.5 Å². The summed E-state index contributed by atoms with van der Waals surface area (Å²) < 4.78 is 26.5. The zero-order valence-electron chi connectivity index (χ0n) is 10.0. The van der Waals surface area contributed by atoms with E-state index in [1.807, 2.05) is 0 Å². The summed E-state index contributed by atoms with van der Waals surface area (Å²) in [6.45, 7) is 1.81.